The molecule has 0 atom stereocenters. The third-order valence-corrected chi connectivity index (χ3v) is 3.99. The Morgan fingerprint density at radius 3 is 2.90 bits per heavy atom. The first kappa shape index (κ1) is 13.6. The summed E-state index contributed by atoms with van der Waals surface area (Å²) < 4.78 is 1.96. The van der Waals surface area contributed by atoms with Crippen molar-refractivity contribution in [1.82, 2.24) is 14.9 Å². The van der Waals surface area contributed by atoms with Crippen molar-refractivity contribution in [2.75, 3.05) is 0 Å². The van der Waals surface area contributed by atoms with Crippen molar-refractivity contribution in [3.05, 3.63) is 76.5 Å². The molecule has 0 aliphatic carbocycles. The summed E-state index contributed by atoms with van der Waals surface area (Å²) in [7, 11) is 0. The lowest BCUT2D eigenvalue weighted by Crippen LogP contribution is -2.25. The standard InChI is InChI=1S/C16H15N3OS/c20-16(18-11-13-5-1-2-8-17-13)15-7-3-9-19(15)12-14-6-4-10-21-14/h1-10H,11-12H2,(H,18,20). The second-order valence-electron chi connectivity index (χ2n) is 4.60. The van der Waals surface area contributed by atoms with E-state index in [1.807, 2.05) is 52.5 Å². The van der Waals surface area contributed by atoms with E-state index in [0.29, 0.717) is 12.2 Å². The van der Waals surface area contributed by atoms with Gasteiger partial charge in [0, 0.05) is 17.3 Å². The minimum atomic E-state index is -0.0813. The zero-order valence-electron chi connectivity index (χ0n) is 11.4. The lowest BCUT2D eigenvalue weighted by Gasteiger charge is -2.08. The van der Waals surface area contributed by atoms with Crippen LogP contribution in [-0.4, -0.2) is 15.5 Å². The molecule has 0 aliphatic rings. The molecule has 5 heteroatoms. The lowest BCUT2D eigenvalue weighted by molar-refractivity contribution is 0.0941. The number of pyridine rings is 1. The third kappa shape index (κ3) is 3.38. The monoisotopic (exact) mass is 297 g/mol. The fraction of sp³-hybridized carbons (Fsp3) is 0.125. The molecule has 0 saturated heterocycles. The molecular weight excluding hydrogens is 282 g/mol. The molecule has 0 saturated carbocycles. The largest absolute Gasteiger partial charge is 0.345 e. The van der Waals surface area contributed by atoms with Crippen LogP contribution in [0.25, 0.3) is 0 Å². The molecule has 106 valence electrons. The molecule has 1 amide bonds. The molecule has 3 aromatic heterocycles. The minimum Gasteiger partial charge on any atom is -0.345 e. The molecule has 0 spiro atoms. The summed E-state index contributed by atoms with van der Waals surface area (Å²) >= 11 is 1.69. The van der Waals surface area contributed by atoms with Gasteiger partial charge in [-0.2, -0.15) is 0 Å². The fourth-order valence-electron chi connectivity index (χ4n) is 2.09. The molecule has 0 radical (unpaired) electrons. The molecule has 3 rings (SSSR count). The highest BCUT2D eigenvalue weighted by atomic mass is 32.1. The Kier molecular flexibility index (Phi) is 4.12. The van der Waals surface area contributed by atoms with E-state index in [1.165, 1.54) is 4.88 Å². The molecule has 0 fully saturated rings. The van der Waals surface area contributed by atoms with Crippen molar-refractivity contribution in [2.45, 2.75) is 13.1 Å². The second kappa shape index (κ2) is 6.37. The van der Waals surface area contributed by atoms with Gasteiger partial charge in [-0.15, -0.1) is 11.3 Å². The second-order valence-corrected chi connectivity index (χ2v) is 5.64. The number of hydrogen-bond donors (Lipinski definition) is 1. The quantitative estimate of drug-likeness (QED) is 0.787. The summed E-state index contributed by atoms with van der Waals surface area (Å²) in [5.41, 5.74) is 1.52. The topological polar surface area (TPSA) is 46.9 Å². The summed E-state index contributed by atoms with van der Waals surface area (Å²) in [5, 5.41) is 4.94. The van der Waals surface area contributed by atoms with Crippen molar-refractivity contribution in [1.29, 1.82) is 0 Å². The van der Waals surface area contributed by atoms with Gasteiger partial charge in [-0.05, 0) is 35.7 Å². The average Bonchev–Trinajstić information content (AvgIpc) is 3.18. The zero-order valence-corrected chi connectivity index (χ0v) is 12.2. The molecule has 0 aromatic carbocycles. The predicted molar refractivity (Wildman–Crippen MR) is 83.3 cm³/mol. The molecule has 0 unspecified atom stereocenters. The van der Waals surface area contributed by atoms with Crippen molar-refractivity contribution in [3.63, 3.8) is 0 Å². The Morgan fingerprint density at radius 2 is 2.14 bits per heavy atom. The first-order valence-corrected chi connectivity index (χ1v) is 7.56. The van der Waals surface area contributed by atoms with Crippen LogP contribution in [0.1, 0.15) is 21.1 Å². The first-order chi connectivity index (χ1) is 10.3. The van der Waals surface area contributed by atoms with Gasteiger partial charge in [-0.3, -0.25) is 9.78 Å². The minimum absolute atomic E-state index is 0.0813. The van der Waals surface area contributed by atoms with E-state index in [4.69, 9.17) is 0 Å². The normalized spacial score (nSPS) is 10.5. The Balaban J connectivity index is 1.66. The Bertz CT molecular complexity index is 704. The molecule has 0 bridgehead atoms. The van der Waals surface area contributed by atoms with E-state index in [2.05, 4.69) is 16.4 Å². The van der Waals surface area contributed by atoms with Gasteiger partial charge >= 0.3 is 0 Å². The van der Waals surface area contributed by atoms with E-state index in [1.54, 1.807) is 17.5 Å². The van der Waals surface area contributed by atoms with Crippen LogP contribution in [0.4, 0.5) is 0 Å². The number of thiophene rings is 1. The van der Waals surface area contributed by atoms with E-state index in [-0.39, 0.29) is 5.91 Å². The predicted octanol–water partition coefficient (Wildman–Crippen LogP) is 2.92. The summed E-state index contributed by atoms with van der Waals surface area (Å²) in [5.74, 6) is -0.0813. The van der Waals surface area contributed by atoms with E-state index < -0.39 is 0 Å². The van der Waals surface area contributed by atoms with Gasteiger partial charge in [0.2, 0.25) is 0 Å². The van der Waals surface area contributed by atoms with Crippen LogP contribution in [0.3, 0.4) is 0 Å². The zero-order chi connectivity index (χ0) is 14.5. The summed E-state index contributed by atoms with van der Waals surface area (Å²) in [6.45, 7) is 1.15. The number of nitrogens with zero attached hydrogens (tertiary/aromatic N) is 2. The van der Waals surface area contributed by atoms with Crippen LogP contribution < -0.4 is 5.32 Å². The van der Waals surface area contributed by atoms with Crippen molar-refractivity contribution < 1.29 is 4.79 Å². The Hall–Kier alpha value is -2.40. The van der Waals surface area contributed by atoms with Gasteiger partial charge in [0.25, 0.3) is 5.91 Å². The van der Waals surface area contributed by atoms with E-state index >= 15 is 0 Å². The molecule has 3 heterocycles. The van der Waals surface area contributed by atoms with Crippen LogP contribution in [-0.2, 0) is 13.1 Å². The smallest absolute Gasteiger partial charge is 0.268 e. The van der Waals surface area contributed by atoms with Gasteiger partial charge in [0.05, 0.1) is 18.8 Å². The average molecular weight is 297 g/mol. The lowest BCUT2D eigenvalue weighted by atomic mass is 10.3. The van der Waals surface area contributed by atoms with Crippen LogP contribution in [0.5, 0.6) is 0 Å². The van der Waals surface area contributed by atoms with Crippen molar-refractivity contribution in [2.24, 2.45) is 0 Å². The molecule has 21 heavy (non-hydrogen) atoms. The third-order valence-electron chi connectivity index (χ3n) is 3.12. The van der Waals surface area contributed by atoms with Crippen LogP contribution in [0.2, 0.25) is 0 Å². The molecule has 3 aromatic rings. The number of nitrogens with one attached hydrogen (secondary N) is 1. The number of carbonyl (C=O) groups excluding carboxylic acids is 1. The van der Waals surface area contributed by atoms with Gasteiger partial charge < -0.3 is 9.88 Å². The van der Waals surface area contributed by atoms with Crippen LogP contribution >= 0.6 is 11.3 Å². The number of aromatic nitrogens is 2. The first-order valence-electron chi connectivity index (χ1n) is 6.68. The highest BCUT2D eigenvalue weighted by Gasteiger charge is 2.11. The van der Waals surface area contributed by atoms with Crippen LogP contribution in [0.15, 0.2) is 60.2 Å². The van der Waals surface area contributed by atoms with Gasteiger partial charge in [-0.1, -0.05) is 12.1 Å². The SMILES string of the molecule is O=C(NCc1ccccn1)c1cccn1Cc1cccs1. The summed E-state index contributed by atoms with van der Waals surface area (Å²) in [4.78, 5) is 17.7. The van der Waals surface area contributed by atoms with Gasteiger partial charge in [0.1, 0.15) is 5.69 Å². The highest BCUT2D eigenvalue weighted by molar-refractivity contribution is 7.09. The van der Waals surface area contributed by atoms with Crippen LogP contribution in [0, 0.1) is 0 Å². The summed E-state index contributed by atoms with van der Waals surface area (Å²) in [6.07, 6.45) is 3.65. The van der Waals surface area contributed by atoms with Crippen molar-refractivity contribution >= 4 is 17.2 Å². The number of rotatable bonds is 5. The highest BCUT2D eigenvalue weighted by Crippen LogP contribution is 2.13. The maximum atomic E-state index is 12.3. The maximum Gasteiger partial charge on any atom is 0.268 e. The Labute approximate surface area is 127 Å². The fourth-order valence-corrected chi connectivity index (χ4v) is 2.80. The molecular formula is C16H15N3OS. The van der Waals surface area contributed by atoms with Crippen molar-refractivity contribution in [3.8, 4) is 0 Å². The Morgan fingerprint density at radius 1 is 1.19 bits per heavy atom. The molecule has 0 aliphatic heterocycles. The van der Waals surface area contributed by atoms with E-state index in [9.17, 15) is 4.79 Å². The molecule has 4 nitrogen and oxygen atoms in total. The summed E-state index contributed by atoms with van der Waals surface area (Å²) in [6, 6.07) is 13.5. The number of hydrogen-bond acceptors (Lipinski definition) is 3. The van der Waals surface area contributed by atoms with Gasteiger partial charge in [0.15, 0.2) is 0 Å². The maximum absolute atomic E-state index is 12.3. The van der Waals surface area contributed by atoms with E-state index in [0.717, 1.165) is 12.2 Å². The van der Waals surface area contributed by atoms with Gasteiger partial charge in [-0.25, -0.2) is 0 Å². The number of carbonyl (C=O) groups is 1. The number of amides is 1. The molecule has 1 N–H and O–H groups in total.